The number of carbonyl (C=O) groups is 3. The Morgan fingerprint density at radius 3 is 2.28 bits per heavy atom. The lowest BCUT2D eigenvalue weighted by atomic mass is 10.2. The zero-order valence-electron chi connectivity index (χ0n) is 14.6. The van der Waals surface area contributed by atoms with Crippen LogP contribution in [0.4, 0.5) is 10.5 Å². The van der Waals surface area contributed by atoms with Gasteiger partial charge in [0.2, 0.25) is 11.8 Å². The van der Waals surface area contributed by atoms with Crippen LogP contribution in [0.25, 0.3) is 0 Å². The molecule has 0 bridgehead atoms. The van der Waals surface area contributed by atoms with E-state index in [9.17, 15) is 14.4 Å². The van der Waals surface area contributed by atoms with Crippen molar-refractivity contribution in [1.82, 2.24) is 10.6 Å². The quantitative estimate of drug-likeness (QED) is 0.598. The summed E-state index contributed by atoms with van der Waals surface area (Å²) in [4.78, 5) is 34.8. The molecule has 0 saturated carbocycles. The fraction of sp³-hybridized carbons (Fsp3) is 0.471. The molecule has 138 valence electrons. The maximum atomic E-state index is 11.7. The summed E-state index contributed by atoms with van der Waals surface area (Å²) in [5.74, 6) is -0.556. The van der Waals surface area contributed by atoms with E-state index in [-0.39, 0.29) is 24.8 Å². The third kappa shape index (κ3) is 10.4. The first-order valence-electron chi connectivity index (χ1n) is 7.95. The summed E-state index contributed by atoms with van der Waals surface area (Å²) in [7, 11) is 0. The van der Waals surface area contributed by atoms with Crippen molar-refractivity contribution in [2.45, 2.75) is 39.2 Å². The molecular weight excluding hydrogens is 390 g/mol. The van der Waals surface area contributed by atoms with E-state index in [0.29, 0.717) is 18.7 Å². The number of ether oxygens (including phenoxy) is 1. The van der Waals surface area contributed by atoms with Crippen LogP contribution in [-0.2, 0) is 14.3 Å². The number of nitrogens with one attached hydrogen (secondary N) is 3. The summed E-state index contributed by atoms with van der Waals surface area (Å²) in [5, 5.41) is 7.79. The molecule has 0 aliphatic rings. The largest absolute Gasteiger partial charge is 0.444 e. The van der Waals surface area contributed by atoms with Gasteiger partial charge in [0, 0.05) is 23.1 Å². The second-order valence-corrected chi connectivity index (χ2v) is 7.28. The van der Waals surface area contributed by atoms with Gasteiger partial charge in [-0.2, -0.15) is 0 Å². The van der Waals surface area contributed by atoms with Gasteiger partial charge in [-0.25, -0.2) is 4.79 Å². The molecular formula is C17H24BrN3O4. The Morgan fingerprint density at radius 2 is 1.68 bits per heavy atom. The molecule has 0 fully saturated rings. The summed E-state index contributed by atoms with van der Waals surface area (Å²) < 4.78 is 6.00. The number of anilines is 1. The highest BCUT2D eigenvalue weighted by Crippen LogP contribution is 2.13. The van der Waals surface area contributed by atoms with Crippen molar-refractivity contribution < 1.29 is 19.1 Å². The van der Waals surface area contributed by atoms with Gasteiger partial charge in [0.15, 0.2) is 0 Å². The Morgan fingerprint density at radius 1 is 1.04 bits per heavy atom. The minimum Gasteiger partial charge on any atom is -0.444 e. The lowest BCUT2D eigenvalue weighted by Gasteiger charge is -2.19. The molecule has 0 saturated heterocycles. The average Bonchev–Trinajstić information content (AvgIpc) is 2.50. The molecule has 0 aromatic heterocycles. The van der Waals surface area contributed by atoms with Crippen LogP contribution in [0.2, 0.25) is 0 Å². The smallest absolute Gasteiger partial charge is 0.407 e. The van der Waals surface area contributed by atoms with Gasteiger partial charge in [-0.05, 0) is 51.5 Å². The van der Waals surface area contributed by atoms with Crippen molar-refractivity contribution >= 4 is 39.5 Å². The SMILES string of the molecule is CC(C)(C)OC(=O)NCCCC(=O)NCC(=O)Nc1ccc(Br)cc1. The Balaban J connectivity index is 2.15. The van der Waals surface area contributed by atoms with Crippen LogP contribution in [0.1, 0.15) is 33.6 Å². The van der Waals surface area contributed by atoms with E-state index >= 15 is 0 Å². The van der Waals surface area contributed by atoms with E-state index in [2.05, 4.69) is 31.9 Å². The minimum atomic E-state index is -0.552. The summed E-state index contributed by atoms with van der Waals surface area (Å²) in [6.07, 6.45) is 0.155. The van der Waals surface area contributed by atoms with Crippen LogP contribution in [0, 0.1) is 0 Å². The molecule has 0 aliphatic carbocycles. The van der Waals surface area contributed by atoms with Crippen LogP contribution in [-0.4, -0.2) is 36.6 Å². The summed E-state index contributed by atoms with van der Waals surface area (Å²) in [6, 6.07) is 7.13. The number of hydrogen-bond donors (Lipinski definition) is 3. The number of hydrogen-bond acceptors (Lipinski definition) is 4. The van der Waals surface area contributed by atoms with Gasteiger partial charge in [0.1, 0.15) is 5.60 Å². The van der Waals surface area contributed by atoms with Gasteiger partial charge >= 0.3 is 6.09 Å². The molecule has 7 nitrogen and oxygen atoms in total. The second-order valence-electron chi connectivity index (χ2n) is 6.36. The molecule has 25 heavy (non-hydrogen) atoms. The van der Waals surface area contributed by atoms with Crippen molar-refractivity contribution in [3.05, 3.63) is 28.7 Å². The maximum absolute atomic E-state index is 11.7. The standard InChI is InChI=1S/C17H24BrN3O4/c1-17(2,3)25-16(24)19-10-4-5-14(22)20-11-15(23)21-13-8-6-12(18)7-9-13/h6-9H,4-5,10-11H2,1-3H3,(H,19,24)(H,20,22)(H,21,23). The van der Waals surface area contributed by atoms with Crippen LogP contribution in [0.3, 0.4) is 0 Å². The first kappa shape index (κ1) is 21.0. The zero-order chi connectivity index (χ0) is 18.9. The maximum Gasteiger partial charge on any atom is 0.407 e. The number of rotatable bonds is 7. The monoisotopic (exact) mass is 413 g/mol. The summed E-state index contributed by atoms with van der Waals surface area (Å²) in [5.41, 5.74) is 0.105. The molecule has 3 N–H and O–H groups in total. The molecule has 0 atom stereocenters. The van der Waals surface area contributed by atoms with Crippen LogP contribution in [0.15, 0.2) is 28.7 Å². The van der Waals surface area contributed by atoms with E-state index in [1.165, 1.54) is 0 Å². The van der Waals surface area contributed by atoms with Crippen LogP contribution < -0.4 is 16.0 Å². The third-order valence-electron chi connectivity index (χ3n) is 2.82. The van der Waals surface area contributed by atoms with Gasteiger partial charge in [-0.3, -0.25) is 9.59 Å². The lowest BCUT2D eigenvalue weighted by Crippen LogP contribution is -2.35. The fourth-order valence-corrected chi connectivity index (χ4v) is 2.02. The average molecular weight is 414 g/mol. The molecule has 0 heterocycles. The molecule has 0 unspecified atom stereocenters. The molecule has 3 amide bonds. The summed E-state index contributed by atoms with van der Waals surface area (Å²) >= 11 is 3.31. The highest BCUT2D eigenvalue weighted by atomic mass is 79.9. The lowest BCUT2D eigenvalue weighted by molar-refractivity contribution is -0.124. The van der Waals surface area contributed by atoms with Crippen molar-refractivity contribution in [3.63, 3.8) is 0 Å². The number of benzene rings is 1. The van der Waals surface area contributed by atoms with Gasteiger partial charge in [-0.15, -0.1) is 0 Å². The Bertz CT molecular complexity index is 597. The van der Waals surface area contributed by atoms with E-state index in [1.807, 2.05) is 12.1 Å². The Kier molecular flexibility index (Phi) is 8.40. The van der Waals surface area contributed by atoms with Crippen molar-refractivity contribution in [3.8, 4) is 0 Å². The van der Waals surface area contributed by atoms with Gasteiger partial charge in [0.25, 0.3) is 0 Å². The predicted octanol–water partition coefficient (Wildman–Crippen LogP) is 2.81. The molecule has 8 heteroatoms. The van der Waals surface area contributed by atoms with Crippen molar-refractivity contribution in [2.24, 2.45) is 0 Å². The normalized spacial score (nSPS) is 10.7. The van der Waals surface area contributed by atoms with Gasteiger partial charge in [-0.1, -0.05) is 15.9 Å². The molecule has 0 spiro atoms. The number of alkyl carbamates (subject to hydrolysis) is 1. The van der Waals surface area contributed by atoms with Gasteiger partial charge in [0.05, 0.1) is 6.54 Å². The van der Waals surface area contributed by atoms with Gasteiger partial charge < -0.3 is 20.7 Å². The molecule has 1 rings (SSSR count). The topological polar surface area (TPSA) is 96.5 Å². The summed E-state index contributed by atoms with van der Waals surface area (Å²) in [6.45, 7) is 5.56. The van der Waals surface area contributed by atoms with Crippen LogP contribution in [0.5, 0.6) is 0 Å². The molecule has 0 aliphatic heterocycles. The fourth-order valence-electron chi connectivity index (χ4n) is 1.76. The zero-order valence-corrected chi connectivity index (χ0v) is 16.2. The third-order valence-corrected chi connectivity index (χ3v) is 3.35. The highest BCUT2D eigenvalue weighted by Gasteiger charge is 2.15. The Labute approximate surface area is 156 Å². The molecule has 0 radical (unpaired) electrons. The van der Waals surface area contributed by atoms with Crippen molar-refractivity contribution in [1.29, 1.82) is 0 Å². The number of halogens is 1. The number of amides is 3. The van der Waals surface area contributed by atoms with E-state index in [0.717, 1.165) is 4.47 Å². The Hall–Kier alpha value is -2.09. The first-order valence-corrected chi connectivity index (χ1v) is 8.74. The molecule has 1 aromatic carbocycles. The predicted molar refractivity (Wildman–Crippen MR) is 99.3 cm³/mol. The highest BCUT2D eigenvalue weighted by molar-refractivity contribution is 9.10. The van der Waals surface area contributed by atoms with E-state index < -0.39 is 11.7 Å². The number of carbonyl (C=O) groups excluding carboxylic acids is 3. The second kappa shape index (κ2) is 10.0. The first-order chi connectivity index (χ1) is 11.7. The van der Waals surface area contributed by atoms with Crippen LogP contribution >= 0.6 is 15.9 Å². The van der Waals surface area contributed by atoms with E-state index in [1.54, 1.807) is 32.9 Å². The minimum absolute atomic E-state index is 0.103. The molecule has 1 aromatic rings. The van der Waals surface area contributed by atoms with Crippen molar-refractivity contribution in [2.75, 3.05) is 18.4 Å². The van der Waals surface area contributed by atoms with E-state index in [4.69, 9.17) is 4.74 Å².